The van der Waals surface area contributed by atoms with Gasteiger partial charge in [-0.15, -0.1) is 28.2 Å². The Balaban J connectivity index is 1.52. The molecule has 2 aromatic heterocycles. The highest BCUT2D eigenvalue weighted by atomic mass is 32.2. The molecule has 2 aliphatic heterocycles. The van der Waals surface area contributed by atoms with Gasteiger partial charge in [-0.05, 0) is 17.1 Å². The van der Waals surface area contributed by atoms with Crippen molar-refractivity contribution in [1.29, 1.82) is 0 Å². The summed E-state index contributed by atoms with van der Waals surface area (Å²) in [5.74, 6) is -2.48. The summed E-state index contributed by atoms with van der Waals surface area (Å²) in [5.41, 5.74) is 9.50. The van der Waals surface area contributed by atoms with Crippen LogP contribution in [0.15, 0.2) is 48.0 Å². The third-order valence-corrected chi connectivity index (χ3v) is 8.14. The number of thiazole rings is 1. The summed E-state index contributed by atoms with van der Waals surface area (Å²) in [6.45, 7) is 0.161. The molecule has 206 valence electrons. The average Bonchev–Trinajstić information content (AvgIpc) is 3.34. The molecule has 2 aromatic rings. The van der Waals surface area contributed by atoms with E-state index in [9.17, 15) is 29.1 Å². The standard InChI is InChI=1S/C20H21N9O7S3/c1-36-27-10(9-7-39-19(22)23-9)13(30)24-11-15(32)29-12(18(34)35)8(6-38-17(11)29)2-5-37-20-26-25-14(31)16(33)28(20)4-3-21/h2,5,7,11,17H,3-4,6,21H2,1H3,(H2,22,23)(H,24,30)(H,25,31)(H,34,35)/b5-2+,27-10+. The zero-order valence-corrected chi connectivity index (χ0v) is 22.5. The minimum absolute atomic E-state index is 0.0641. The number of β-lactam (4-membered cyclic amide) rings is 1. The SMILES string of the molecule is CO/N=C(/C(=O)NC1C(=O)N2C(C(=O)O)=C(/C=C/Sc3n[nH]c(=O)c(=O)n3CCN)CSC12)c1csc(N)n1. The lowest BCUT2D eigenvalue weighted by molar-refractivity contribution is -0.150. The van der Waals surface area contributed by atoms with E-state index in [0.29, 0.717) is 5.57 Å². The highest BCUT2D eigenvalue weighted by Crippen LogP contribution is 2.41. The molecule has 39 heavy (non-hydrogen) atoms. The highest BCUT2D eigenvalue weighted by Gasteiger charge is 2.54. The number of H-pyrrole nitrogens is 1. The molecule has 2 atom stereocenters. The second kappa shape index (κ2) is 11.8. The van der Waals surface area contributed by atoms with Crippen LogP contribution in [0.1, 0.15) is 5.69 Å². The second-order valence-electron chi connectivity index (χ2n) is 7.73. The number of nitrogens with two attached hydrogens (primary N) is 2. The largest absolute Gasteiger partial charge is 0.477 e. The summed E-state index contributed by atoms with van der Waals surface area (Å²) in [7, 11) is 1.25. The van der Waals surface area contributed by atoms with Gasteiger partial charge in [0.15, 0.2) is 16.0 Å². The maximum absolute atomic E-state index is 13.0. The number of nitrogens with zero attached hydrogens (tertiary/aromatic N) is 5. The lowest BCUT2D eigenvalue weighted by Crippen LogP contribution is -2.71. The number of rotatable bonds is 10. The molecule has 0 radical (unpaired) electrons. The molecule has 4 rings (SSSR count). The van der Waals surface area contributed by atoms with Crippen molar-refractivity contribution in [1.82, 2.24) is 30.0 Å². The molecule has 19 heteroatoms. The summed E-state index contributed by atoms with van der Waals surface area (Å²) in [6, 6.07) is -1.01. The van der Waals surface area contributed by atoms with Crippen LogP contribution in [0.4, 0.5) is 5.13 Å². The fourth-order valence-corrected chi connectivity index (χ4v) is 6.30. The van der Waals surface area contributed by atoms with Gasteiger partial charge in [-0.3, -0.25) is 28.6 Å². The van der Waals surface area contributed by atoms with Crippen LogP contribution in [0, 0.1) is 0 Å². The molecule has 2 aliphatic rings. The van der Waals surface area contributed by atoms with Crippen molar-refractivity contribution < 1.29 is 24.3 Å². The lowest BCUT2D eigenvalue weighted by atomic mass is 10.0. The smallest absolute Gasteiger partial charge is 0.352 e. The van der Waals surface area contributed by atoms with E-state index in [0.717, 1.165) is 32.6 Å². The van der Waals surface area contributed by atoms with Crippen LogP contribution in [-0.4, -0.2) is 84.1 Å². The zero-order chi connectivity index (χ0) is 28.3. The second-order valence-corrected chi connectivity index (χ2v) is 10.6. The molecule has 2 amide bonds. The third kappa shape index (κ3) is 5.60. The number of amides is 2. The van der Waals surface area contributed by atoms with E-state index in [2.05, 4.69) is 25.7 Å². The lowest BCUT2D eigenvalue weighted by Gasteiger charge is -2.49. The first kappa shape index (κ1) is 28.1. The topological polar surface area (TPSA) is 241 Å². The number of nitrogens with one attached hydrogen (secondary N) is 2. The minimum Gasteiger partial charge on any atom is -0.477 e. The number of carbonyl (C=O) groups excluding carboxylic acids is 2. The van der Waals surface area contributed by atoms with Crippen LogP contribution in [0.2, 0.25) is 0 Å². The van der Waals surface area contributed by atoms with E-state index in [1.807, 2.05) is 0 Å². The molecule has 2 unspecified atom stereocenters. The molecule has 4 heterocycles. The number of oxime groups is 1. The Bertz CT molecular complexity index is 1530. The highest BCUT2D eigenvalue weighted by molar-refractivity contribution is 8.02. The monoisotopic (exact) mass is 595 g/mol. The van der Waals surface area contributed by atoms with Crippen LogP contribution in [-0.2, 0) is 25.8 Å². The maximum Gasteiger partial charge on any atom is 0.352 e. The summed E-state index contributed by atoms with van der Waals surface area (Å²) < 4.78 is 1.11. The number of aliphatic carboxylic acids is 1. The van der Waals surface area contributed by atoms with Crippen molar-refractivity contribution in [3.63, 3.8) is 0 Å². The number of carboxylic acid groups (broad SMARTS) is 1. The van der Waals surface area contributed by atoms with Gasteiger partial charge in [-0.1, -0.05) is 16.9 Å². The Labute approximate surface area is 231 Å². The number of carbonyl (C=O) groups is 3. The Morgan fingerprint density at radius 2 is 2.18 bits per heavy atom. The minimum atomic E-state index is -1.33. The van der Waals surface area contributed by atoms with E-state index in [1.54, 1.807) is 0 Å². The van der Waals surface area contributed by atoms with Crippen molar-refractivity contribution in [2.45, 2.75) is 23.1 Å². The van der Waals surface area contributed by atoms with Crippen LogP contribution >= 0.6 is 34.9 Å². The van der Waals surface area contributed by atoms with E-state index in [-0.39, 0.29) is 46.2 Å². The first-order valence-corrected chi connectivity index (χ1v) is 13.8. The number of hydrogen-bond acceptors (Lipinski definition) is 14. The molecule has 0 bridgehead atoms. The molecule has 0 aliphatic carbocycles. The van der Waals surface area contributed by atoms with E-state index >= 15 is 0 Å². The van der Waals surface area contributed by atoms with Crippen molar-refractivity contribution in [2.75, 3.05) is 25.1 Å². The average molecular weight is 596 g/mol. The molecule has 0 aromatic carbocycles. The summed E-state index contributed by atoms with van der Waals surface area (Å²) in [4.78, 5) is 71.4. The Morgan fingerprint density at radius 1 is 1.41 bits per heavy atom. The molecule has 1 saturated heterocycles. The molecule has 16 nitrogen and oxygen atoms in total. The number of hydrogen-bond donors (Lipinski definition) is 5. The van der Waals surface area contributed by atoms with Gasteiger partial charge in [0.05, 0.1) is 0 Å². The van der Waals surface area contributed by atoms with Gasteiger partial charge in [0, 0.05) is 24.2 Å². The van der Waals surface area contributed by atoms with E-state index < -0.39 is 40.3 Å². The summed E-state index contributed by atoms with van der Waals surface area (Å²) in [6.07, 6.45) is 1.48. The molecule has 0 spiro atoms. The number of anilines is 1. The number of allylic oxidation sites excluding steroid dienone is 1. The number of fused-ring (bicyclic) bond motifs is 1. The van der Waals surface area contributed by atoms with Gasteiger partial charge in [-0.2, -0.15) is 0 Å². The number of aromatic nitrogens is 4. The molecule has 1 fully saturated rings. The van der Waals surface area contributed by atoms with Crippen LogP contribution < -0.4 is 27.9 Å². The van der Waals surface area contributed by atoms with Crippen LogP contribution in [0.3, 0.4) is 0 Å². The molecule has 7 N–H and O–H groups in total. The zero-order valence-electron chi connectivity index (χ0n) is 20.0. The van der Waals surface area contributed by atoms with Gasteiger partial charge in [-0.25, -0.2) is 14.9 Å². The number of carboxylic acids is 1. The van der Waals surface area contributed by atoms with E-state index in [1.165, 1.54) is 35.7 Å². The van der Waals surface area contributed by atoms with Crippen LogP contribution in [0.5, 0.6) is 0 Å². The van der Waals surface area contributed by atoms with Crippen molar-refractivity contribution in [3.05, 3.63) is 54.5 Å². The molecular formula is C20H21N9O7S3. The maximum atomic E-state index is 13.0. The molecular weight excluding hydrogens is 574 g/mol. The predicted molar refractivity (Wildman–Crippen MR) is 143 cm³/mol. The first-order chi connectivity index (χ1) is 18.7. The van der Waals surface area contributed by atoms with Crippen LogP contribution in [0.25, 0.3) is 0 Å². The quantitative estimate of drug-likeness (QED) is 0.0679. The van der Waals surface area contributed by atoms with Crippen molar-refractivity contribution in [3.8, 4) is 0 Å². The van der Waals surface area contributed by atoms with Gasteiger partial charge >= 0.3 is 17.1 Å². The summed E-state index contributed by atoms with van der Waals surface area (Å²) >= 11 is 3.31. The third-order valence-electron chi connectivity index (χ3n) is 5.37. The number of aromatic amines is 1. The van der Waals surface area contributed by atoms with Gasteiger partial charge in [0.25, 0.3) is 11.8 Å². The van der Waals surface area contributed by atoms with Gasteiger partial charge in [0.1, 0.15) is 29.9 Å². The summed E-state index contributed by atoms with van der Waals surface area (Å²) in [5, 5.41) is 24.8. The van der Waals surface area contributed by atoms with Gasteiger partial charge in [0.2, 0.25) is 0 Å². The Hall–Kier alpha value is -3.94. The fraction of sp³-hybridized carbons (Fsp3) is 0.300. The van der Waals surface area contributed by atoms with E-state index in [4.69, 9.17) is 16.3 Å². The first-order valence-electron chi connectivity index (χ1n) is 10.9. The van der Waals surface area contributed by atoms with Crippen molar-refractivity contribution >= 4 is 63.5 Å². The Morgan fingerprint density at radius 3 is 2.82 bits per heavy atom. The van der Waals surface area contributed by atoms with Gasteiger partial charge < -0.3 is 26.7 Å². The number of thioether (sulfide) groups is 2. The van der Waals surface area contributed by atoms with Crippen molar-refractivity contribution in [2.24, 2.45) is 10.9 Å². The fourth-order valence-electron chi connectivity index (χ4n) is 3.68. The molecule has 0 saturated carbocycles. The Kier molecular flexibility index (Phi) is 8.53. The normalized spacial score (nSPS) is 19.2. The number of nitrogen functional groups attached to an aromatic ring is 1. The predicted octanol–water partition coefficient (Wildman–Crippen LogP) is -1.68.